The zero-order valence-electron chi connectivity index (χ0n) is 10.9. The molecule has 0 spiro atoms. The van der Waals surface area contributed by atoms with Crippen LogP contribution in [0.25, 0.3) is 0 Å². The summed E-state index contributed by atoms with van der Waals surface area (Å²) in [5.74, 6) is -0.498. The number of hydrogen-bond acceptors (Lipinski definition) is 4. The summed E-state index contributed by atoms with van der Waals surface area (Å²) >= 11 is 0. The van der Waals surface area contributed by atoms with Crippen molar-refractivity contribution in [3.63, 3.8) is 0 Å². The number of nitrogens with one attached hydrogen (secondary N) is 1. The summed E-state index contributed by atoms with van der Waals surface area (Å²) in [6, 6.07) is 4.74. The van der Waals surface area contributed by atoms with Crippen LogP contribution in [0.2, 0.25) is 0 Å². The quantitative estimate of drug-likeness (QED) is 0.790. The molecule has 0 bridgehead atoms. The molecule has 1 amide bonds. The number of nitrogens with two attached hydrogens (primary N) is 1. The van der Waals surface area contributed by atoms with Gasteiger partial charge in [-0.15, -0.1) is 0 Å². The molecule has 0 radical (unpaired) electrons. The maximum absolute atomic E-state index is 11.0. The normalized spacial score (nSPS) is 16.6. The molecule has 18 heavy (non-hydrogen) atoms. The largest absolute Gasteiger partial charge is 0.383 e. The van der Waals surface area contributed by atoms with E-state index < -0.39 is 5.91 Å². The summed E-state index contributed by atoms with van der Waals surface area (Å²) in [6.45, 7) is 3.04. The van der Waals surface area contributed by atoms with Crippen molar-refractivity contribution in [2.75, 3.05) is 18.9 Å². The third-order valence-corrected chi connectivity index (χ3v) is 3.43. The number of anilines is 1. The van der Waals surface area contributed by atoms with E-state index in [-0.39, 0.29) is 0 Å². The lowest BCUT2D eigenvalue weighted by Crippen LogP contribution is -2.36. The second-order valence-corrected chi connectivity index (χ2v) is 4.92. The van der Waals surface area contributed by atoms with Crippen LogP contribution >= 0.6 is 0 Å². The first kappa shape index (κ1) is 12.8. The van der Waals surface area contributed by atoms with Gasteiger partial charge in [0.2, 0.25) is 0 Å². The number of likely N-dealkylation sites (N-methyl/N-ethyl adjacent to an activating group) is 1. The Hall–Kier alpha value is -1.62. The molecule has 0 aromatic carbocycles. The van der Waals surface area contributed by atoms with Gasteiger partial charge in [0.05, 0.1) is 0 Å². The molecule has 0 aliphatic heterocycles. The molecule has 1 aromatic rings. The standard InChI is InChI=1S/C13H20N4O/c1-9(17(2)11-3-4-11)8-16-10-5-6-15-12(7-10)13(14)18/h5-7,9,11H,3-4,8H2,1-2H3,(H2,14,18)(H,15,16). The van der Waals surface area contributed by atoms with Gasteiger partial charge in [0.25, 0.3) is 5.91 Å². The Labute approximate surface area is 107 Å². The molecule has 2 rings (SSSR count). The Morgan fingerprint density at radius 3 is 3.00 bits per heavy atom. The van der Waals surface area contributed by atoms with Crippen molar-refractivity contribution >= 4 is 11.6 Å². The van der Waals surface area contributed by atoms with Crippen LogP contribution in [0.15, 0.2) is 18.3 Å². The van der Waals surface area contributed by atoms with Crippen LogP contribution in [-0.2, 0) is 0 Å². The number of carbonyl (C=O) groups excluding carboxylic acids is 1. The highest BCUT2D eigenvalue weighted by Crippen LogP contribution is 2.26. The van der Waals surface area contributed by atoms with E-state index in [9.17, 15) is 4.79 Å². The molecule has 1 aliphatic carbocycles. The lowest BCUT2D eigenvalue weighted by molar-refractivity contribution is 0.0995. The Morgan fingerprint density at radius 1 is 1.67 bits per heavy atom. The first-order valence-corrected chi connectivity index (χ1v) is 6.29. The van der Waals surface area contributed by atoms with E-state index in [1.165, 1.54) is 12.8 Å². The van der Waals surface area contributed by atoms with Gasteiger partial charge in [0, 0.05) is 30.5 Å². The average Bonchev–Trinajstić information content (AvgIpc) is 3.19. The number of nitrogens with zero attached hydrogens (tertiary/aromatic N) is 2. The first-order chi connectivity index (χ1) is 8.58. The topological polar surface area (TPSA) is 71.2 Å². The van der Waals surface area contributed by atoms with Gasteiger partial charge in [-0.05, 0) is 38.9 Å². The summed E-state index contributed by atoms with van der Waals surface area (Å²) in [7, 11) is 2.16. The molecule has 1 aliphatic rings. The highest BCUT2D eigenvalue weighted by Gasteiger charge is 2.28. The molecule has 1 fully saturated rings. The van der Waals surface area contributed by atoms with Crippen LogP contribution in [0.3, 0.4) is 0 Å². The van der Waals surface area contributed by atoms with E-state index in [1.807, 2.05) is 6.07 Å². The maximum atomic E-state index is 11.0. The fourth-order valence-electron chi connectivity index (χ4n) is 1.93. The van der Waals surface area contributed by atoms with Crippen molar-refractivity contribution in [2.45, 2.75) is 31.8 Å². The molecule has 1 saturated carbocycles. The monoisotopic (exact) mass is 248 g/mol. The number of rotatable bonds is 6. The van der Waals surface area contributed by atoms with Crippen molar-refractivity contribution in [3.05, 3.63) is 24.0 Å². The van der Waals surface area contributed by atoms with Crippen molar-refractivity contribution < 1.29 is 4.79 Å². The minimum Gasteiger partial charge on any atom is -0.383 e. The van der Waals surface area contributed by atoms with Crippen LogP contribution in [0.1, 0.15) is 30.3 Å². The van der Waals surface area contributed by atoms with Gasteiger partial charge < -0.3 is 11.1 Å². The fourth-order valence-corrected chi connectivity index (χ4v) is 1.93. The molecule has 1 unspecified atom stereocenters. The Bertz CT molecular complexity index is 431. The van der Waals surface area contributed by atoms with Crippen molar-refractivity contribution in [3.8, 4) is 0 Å². The number of primary amides is 1. The van der Waals surface area contributed by atoms with Gasteiger partial charge in [-0.3, -0.25) is 14.7 Å². The van der Waals surface area contributed by atoms with Gasteiger partial charge in [0.15, 0.2) is 0 Å². The Morgan fingerprint density at radius 2 is 2.39 bits per heavy atom. The highest BCUT2D eigenvalue weighted by molar-refractivity contribution is 5.91. The summed E-state index contributed by atoms with van der Waals surface area (Å²) in [6.07, 6.45) is 4.21. The van der Waals surface area contributed by atoms with Gasteiger partial charge >= 0.3 is 0 Å². The van der Waals surface area contributed by atoms with Crippen molar-refractivity contribution in [1.82, 2.24) is 9.88 Å². The summed E-state index contributed by atoms with van der Waals surface area (Å²) in [4.78, 5) is 17.3. The van der Waals surface area contributed by atoms with Crippen LogP contribution in [0.4, 0.5) is 5.69 Å². The van der Waals surface area contributed by atoms with Gasteiger partial charge in [0.1, 0.15) is 5.69 Å². The molecule has 1 aromatic heterocycles. The van der Waals surface area contributed by atoms with E-state index in [0.29, 0.717) is 11.7 Å². The molecule has 1 atom stereocenters. The Kier molecular flexibility index (Phi) is 3.81. The zero-order chi connectivity index (χ0) is 13.1. The van der Waals surface area contributed by atoms with Crippen molar-refractivity contribution in [1.29, 1.82) is 0 Å². The lowest BCUT2D eigenvalue weighted by atomic mass is 10.2. The number of carbonyl (C=O) groups is 1. The first-order valence-electron chi connectivity index (χ1n) is 6.29. The Balaban J connectivity index is 1.89. The molecule has 5 heteroatoms. The SMILES string of the molecule is CC(CNc1ccnc(C(N)=O)c1)N(C)C1CC1. The molecule has 5 nitrogen and oxygen atoms in total. The second kappa shape index (κ2) is 5.35. The van der Waals surface area contributed by atoms with E-state index in [2.05, 4.69) is 29.2 Å². The van der Waals surface area contributed by atoms with E-state index in [1.54, 1.807) is 12.3 Å². The third kappa shape index (κ3) is 3.20. The van der Waals surface area contributed by atoms with Crippen LogP contribution in [-0.4, -0.2) is 41.5 Å². The predicted molar refractivity (Wildman–Crippen MR) is 71.5 cm³/mol. The van der Waals surface area contributed by atoms with Crippen LogP contribution < -0.4 is 11.1 Å². The molecule has 1 heterocycles. The summed E-state index contributed by atoms with van der Waals surface area (Å²) in [5.41, 5.74) is 6.38. The number of aromatic nitrogens is 1. The fraction of sp³-hybridized carbons (Fsp3) is 0.538. The van der Waals surface area contributed by atoms with Gasteiger partial charge in [-0.1, -0.05) is 0 Å². The van der Waals surface area contributed by atoms with Gasteiger partial charge in [-0.25, -0.2) is 0 Å². The van der Waals surface area contributed by atoms with E-state index in [4.69, 9.17) is 5.73 Å². The molecular formula is C13H20N4O. The molecule has 3 N–H and O–H groups in total. The van der Waals surface area contributed by atoms with Gasteiger partial charge in [-0.2, -0.15) is 0 Å². The minimum atomic E-state index is -0.498. The number of amides is 1. The zero-order valence-corrected chi connectivity index (χ0v) is 10.9. The minimum absolute atomic E-state index is 0.295. The number of hydrogen-bond donors (Lipinski definition) is 2. The van der Waals surface area contributed by atoms with E-state index in [0.717, 1.165) is 18.3 Å². The summed E-state index contributed by atoms with van der Waals surface area (Å²) in [5, 5.41) is 3.31. The summed E-state index contributed by atoms with van der Waals surface area (Å²) < 4.78 is 0. The smallest absolute Gasteiger partial charge is 0.267 e. The second-order valence-electron chi connectivity index (χ2n) is 4.92. The lowest BCUT2D eigenvalue weighted by Gasteiger charge is -2.25. The molecule has 0 saturated heterocycles. The highest BCUT2D eigenvalue weighted by atomic mass is 16.1. The third-order valence-electron chi connectivity index (χ3n) is 3.43. The average molecular weight is 248 g/mol. The molecular weight excluding hydrogens is 228 g/mol. The number of pyridine rings is 1. The van der Waals surface area contributed by atoms with Crippen LogP contribution in [0, 0.1) is 0 Å². The molecule has 98 valence electrons. The predicted octanol–water partition coefficient (Wildman–Crippen LogP) is 1.08. The van der Waals surface area contributed by atoms with E-state index >= 15 is 0 Å². The van der Waals surface area contributed by atoms with Crippen molar-refractivity contribution in [2.24, 2.45) is 5.73 Å². The maximum Gasteiger partial charge on any atom is 0.267 e. The van der Waals surface area contributed by atoms with Crippen LogP contribution in [0.5, 0.6) is 0 Å².